The summed E-state index contributed by atoms with van der Waals surface area (Å²) < 4.78 is 6.00. The lowest BCUT2D eigenvalue weighted by atomic mass is 9.87. The fraction of sp³-hybridized carbons (Fsp3) is 0.833. The van der Waals surface area contributed by atoms with Crippen LogP contribution in [-0.4, -0.2) is 17.1 Å². The maximum atomic E-state index is 6.00. The summed E-state index contributed by atoms with van der Waals surface area (Å²) in [5.74, 6) is 1.22. The number of rotatable bonds is 3. The highest BCUT2D eigenvalue weighted by Gasteiger charge is 2.44. The largest absolute Gasteiger partial charge is 0.369 e. The molecule has 0 spiro atoms. The van der Waals surface area contributed by atoms with E-state index >= 15 is 0 Å². The summed E-state index contributed by atoms with van der Waals surface area (Å²) >= 11 is 5.63. The number of hydrogen-bond acceptors (Lipinski definition) is 1. The fourth-order valence-electron chi connectivity index (χ4n) is 2.23. The quantitative estimate of drug-likeness (QED) is 0.516. The van der Waals surface area contributed by atoms with Crippen LogP contribution in [0.1, 0.15) is 40.5 Å². The van der Waals surface area contributed by atoms with Gasteiger partial charge in [-0.15, -0.1) is 11.6 Å². The van der Waals surface area contributed by atoms with Gasteiger partial charge >= 0.3 is 0 Å². The molecule has 1 fully saturated rings. The van der Waals surface area contributed by atoms with Crippen LogP contribution in [0.4, 0.5) is 0 Å². The van der Waals surface area contributed by atoms with Gasteiger partial charge in [0.05, 0.1) is 11.2 Å². The van der Waals surface area contributed by atoms with E-state index in [1.807, 2.05) is 0 Å². The lowest BCUT2D eigenvalue weighted by molar-refractivity contribution is -0.0706. The molecule has 0 amide bonds. The molecule has 1 aliphatic rings. The summed E-state index contributed by atoms with van der Waals surface area (Å²) in [6.07, 6.45) is 6.48. The van der Waals surface area contributed by atoms with Gasteiger partial charge in [0.2, 0.25) is 0 Å². The van der Waals surface area contributed by atoms with Crippen LogP contribution in [0, 0.1) is 5.92 Å². The number of alkyl halides is 1. The minimum absolute atomic E-state index is 0.0134. The average Bonchev–Trinajstić information content (AvgIpc) is 2.20. The smallest absolute Gasteiger partial charge is 0.0697 e. The van der Waals surface area contributed by atoms with Gasteiger partial charge in [0, 0.05) is 11.8 Å². The van der Waals surface area contributed by atoms with Crippen LogP contribution >= 0.6 is 11.6 Å². The summed E-state index contributed by atoms with van der Waals surface area (Å²) in [6, 6.07) is 0. The first-order valence-electron chi connectivity index (χ1n) is 5.30. The molecule has 1 saturated heterocycles. The van der Waals surface area contributed by atoms with Crippen molar-refractivity contribution in [1.82, 2.24) is 0 Å². The lowest BCUT2D eigenvalue weighted by Crippen LogP contribution is -2.28. The third kappa shape index (κ3) is 2.99. The first kappa shape index (κ1) is 12.1. The average molecular weight is 217 g/mol. The molecule has 82 valence electrons. The Labute approximate surface area is 92.5 Å². The maximum Gasteiger partial charge on any atom is 0.0697 e. The summed E-state index contributed by atoms with van der Waals surface area (Å²) in [5.41, 5.74) is -0.0220. The monoisotopic (exact) mass is 216 g/mol. The maximum absolute atomic E-state index is 6.00. The molecule has 1 aliphatic heterocycles. The van der Waals surface area contributed by atoms with Crippen LogP contribution in [0.3, 0.4) is 0 Å². The summed E-state index contributed by atoms with van der Waals surface area (Å²) in [6.45, 7) is 8.64. The van der Waals surface area contributed by atoms with Gasteiger partial charge < -0.3 is 4.74 Å². The van der Waals surface area contributed by atoms with Crippen LogP contribution in [0.15, 0.2) is 12.2 Å². The van der Waals surface area contributed by atoms with Gasteiger partial charge in [-0.25, -0.2) is 0 Å². The number of allylic oxidation sites excluding steroid dienone is 1. The van der Waals surface area contributed by atoms with Crippen molar-refractivity contribution in [2.24, 2.45) is 5.92 Å². The molecule has 0 aromatic heterocycles. The standard InChI is InChI=1S/C12H21ClO/c1-11(2)9-10(7-5-6-8-13)12(3,4)14-11/h5,7,10H,6,8-9H2,1-4H3/b7-5+. The summed E-state index contributed by atoms with van der Waals surface area (Å²) in [5, 5.41) is 0. The van der Waals surface area contributed by atoms with E-state index in [1.54, 1.807) is 0 Å². The molecule has 1 heterocycles. The van der Waals surface area contributed by atoms with E-state index in [0.717, 1.165) is 12.8 Å². The third-order valence-electron chi connectivity index (χ3n) is 2.79. The molecule has 1 nitrogen and oxygen atoms in total. The second-order valence-electron chi connectivity index (χ2n) is 5.18. The van der Waals surface area contributed by atoms with Crippen molar-refractivity contribution >= 4 is 11.6 Å². The van der Waals surface area contributed by atoms with Crippen molar-refractivity contribution in [3.8, 4) is 0 Å². The second kappa shape index (κ2) is 4.24. The van der Waals surface area contributed by atoms with Gasteiger partial charge in [0.1, 0.15) is 0 Å². The van der Waals surface area contributed by atoms with Gasteiger partial charge in [-0.2, -0.15) is 0 Å². The molecule has 0 aliphatic carbocycles. The Kier molecular flexibility index (Phi) is 3.65. The Bertz CT molecular complexity index is 218. The molecule has 0 aromatic rings. The number of ether oxygens (including phenoxy) is 1. The summed E-state index contributed by atoms with van der Waals surface area (Å²) in [7, 11) is 0. The van der Waals surface area contributed by atoms with Crippen molar-refractivity contribution in [2.45, 2.75) is 51.7 Å². The van der Waals surface area contributed by atoms with E-state index in [2.05, 4.69) is 39.8 Å². The predicted octanol–water partition coefficient (Wildman–Crippen LogP) is 3.77. The van der Waals surface area contributed by atoms with Crippen molar-refractivity contribution in [3.05, 3.63) is 12.2 Å². The highest BCUT2D eigenvalue weighted by Crippen LogP contribution is 2.42. The van der Waals surface area contributed by atoms with Gasteiger partial charge in [-0.05, 0) is 40.5 Å². The highest BCUT2D eigenvalue weighted by molar-refractivity contribution is 6.17. The first-order valence-corrected chi connectivity index (χ1v) is 5.84. The second-order valence-corrected chi connectivity index (χ2v) is 5.56. The van der Waals surface area contributed by atoms with Crippen LogP contribution in [0.25, 0.3) is 0 Å². The lowest BCUT2D eigenvalue weighted by Gasteiger charge is -2.25. The van der Waals surface area contributed by atoms with Gasteiger partial charge in [0.15, 0.2) is 0 Å². The first-order chi connectivity index (χ1) is 6.37. The van der Waals surface area contributed by atoms with Gasteiger partial charge in [-0.3, -0.25) is 0 Å². The normalized spacial score (nSPS) is 29.9. The molecule has 14 heavy (non-hydrogen) atoms. The predicted molar refractivity (Wildman–Crippen MR) is 61.8 cm³/mol. The van der Waals surface area contributed by atoms with E-state index in [4.69, 9.17) is 16.3 Å². The molecular weight excluding hydrogens is 196 g/mol. The molecule has 1 unspecified atom stereocenters. The van der Waals surface area contributed by atoms with Gasteiger partial charge in [-0.1, -0.05) is 12.2 Å². The van der Waals surface area contributed by atoms with Crippen molar-refractivity contribution in [2.75, 3.05) is 5.88 Å². The van der Waals surface area contributed by atoms with Gasteiger partial charge in [0.25, 0.3) is 0 Å². The Morgan fingerprint density at radius 3 is 2.43 bits per heavy atom. The zero-order valence-electron chi connectivity index (χ0n) is 9.64. The summed E-state index contributed by atoms with van der Waals surface area (Å²) in [4.78, 5) is 0. The molecule has 0 saturated carbocycles. The Morgan fingerprint density at radius 2 is 2.00 bits per heavy atom. The molecule has 1 rings (SSSR count). The Hall–Kier alpha value is -0.0100. The zero-order chi connectivity index (χ0) is 10.8. The fourth-order valence-corrected chi connectivity index (χ4v) is 2.35. The molecule has 0 radical (unpaired) electrons. The molecule has 0 N–H and O–H groups in total. The van der Waals surface area contributed by atoms with E-state index in [0.29, 0.717) is 11.8 Å². The van der Waals surface area contributed by atoms with E-state index in [1.165, 1.54) is 0 Å². The molecular formula is C12H21ClO. The third-order valence-corrected chi connectivity index (χ3v) is 3.01. The van der Waals surface area contributed by atoms with Crippen molar-refractivity contribution < 1.29 is 4.74 Å². The number of halogens is 1. The van der Waals surface area contributed by atoms with Crippen molar-refractivity contribution in [1.29, 1.82) is 0 Å². The van der Waals surface area contributed by atoms with E-state index in [9.17, 15) is 0 Å². The molecule has 0 bridgehead atoms. The molecule has 0 aromatic carbocycles. The van der Waals surface area contributed by atoms with Crippen LogP contribution < -0.4 is 0 Å². The van der Waals surface area contributed by atoms with Crippen LogP contribution in [0.5, 0.6) is 0 Å². The zero-order valence-corrected chi connectivity index (χ0v) is 10.4. The number of hydrogen-bond donors (Lipinski definition) is 0. The van der Waals surface area contributed by atoms with E-state index < -0.39 is 0 Å². The van der Waals surface area contributed by atoms with Crippen LogP contribution in [0.2, 0.25) is 0 Å². The van der Waals surface area contributed by atoms with E-state index in [-0.39, 0.29) is 11.2 Å². The Morgan fingerprint density at radius 1 is 1.36 bits per heavy atom. The van der Waals surface area contributed by atoms with Crippen molar-refractivity contribution in [3.63, 3.8) is 0 Å². The highest BCUT2D eigenvalue weighted by atomic mass is 35.5. The SMILES string of the molecule is CC1(C)CC(/C=C/CCCl)C(C)(C)O1. The minimum atomic E-state index is -0.0354. The topological polar surface area (TPSA) is 9.23 Å². The molecule has 2 heteroatoms. The Balaban J connectivity index is 2.61. The molecule has 1 atom stereocenters. The van der Waals surface area contributed by atoms with Crippen LogP contribution in [-0.2, 0) is 4.74 Å². The minimum Gasteiger partial charge on any atom is -0.369 e.